The fraction of sp³-hybridized carbons (Fsp3) is 0.667. The minimum Gasteiger partial charge on any atom is -0.496 e. The smallest absolute Gasteiger partial charge is 0.123 e. The molecule has 1 aromatic carbocycles. The van der Waals surface area contributed by atoms with E-state index in [1.54, 1.807) is 7.11 Å². The number of piperidine rings is 1. The van der Waals surface area contributed by atoms with Crippen molar-refractivity contribution in [3.8, 4) is 5.75 Å². The number of likely N-dealkylation sites (tertiary alicyclic amines) is 1. The Kier molecular flexibility index (Phi) is 6.07. The lowest BCUT2D eigenvalue weighted by molar-refractivity contribution is 0.205. The number of nitrogens with zero attached hydrogens (tertiary/aromatic N) is 1. The van der Waals surface area contributed by atoms with Gasteiger partial charge in [-0.1, -0.05) is 18.6 Å². The van der Waals surface area contributed by atoms with Crippen molar-refractivity contribution in [3.05, 3.63) is 29.3 Å². The lowest BCUT2D eigenvalue weighted by Gasteiger charge is -2.31. The highest BCUT2D eigenvalue weighted by molar-refractivity contribution is 5.39. The second kappa shape index (κ2) is 7.81. The molecule has 2 rings (SSSR count). The Morgan fingerprint density at radius 3 is 2.57 bits per heavy atom. The van der Waals surface area contributed by atoms with E-state index >= 15 is 0 Å². The minimum absolute atomic E-state index is 0.306. The number of aryl methyl sites for hydroxylation is 1. The van der Waals surface area contributed by atoms with Gasteiger partial charge < -0.3 is 15.0 Å². The van der Waals surface area contributed by atoms with Crippen molar-refractivity contribution < 1.29 is 4.74 Å². The number of benzene rings is 1. The summed E-state index contributed by atoms with van der Waals surface area (Å²) in [6.07, 6.45) is 4.11. The highest BCUT2D eigenvalue weighted by atomic mass is 16.5. The van der Waals surface area contributed by atoms with E-state index < -0.39 is 0 Å². The van der Waals surface area contributed by atoms with Crippen molar-refractivity contribution in [1.29, 1.82) is 0 Å². The van der Waals surface area contributed by atoms with Gasteiger partial charge in [0.05, 0.1) is 7.11 Å². The summed E-state index contributed by atoms with van der Waals surface area (Å²) in [5, 5.41) is 3.72. The second-order valence-electron chi connectivity index (χ2n) is 6.40. The summed E-state index contributed by atoms with van der Waals surface area (Å²) < 4.78 is 5.53. The third-order valence-electron chi connectivity index (χ3n) is 4.37. The van der Waals surface area contributed by atoms with Gasteiger partial charge in [-0.05, 0) is 58.3 Å². The molecule has 0 radical (unpaired) electrons. The van der Waals surface area contributed by atoms with Crippen LogP contribution in [0.25, 0.3) is 0 Å². The van der Waals surface area contributed by atoms with Crippen molar-refractivity contribution in [1.82, 2.24) is 10.2 Å². The summed E-state index contributed by atoms with van der Waals surface area (Å²) in [7, 11) is 1.75. The molecule has 0 spiro atoms. The number of nitrogens with one attached hydrogen (secondary N) is 1. The quantitative estimate of drug-likeness (QED) is 0.867. The van der Waals surface area contributed by atoms with E-state index in [4.69, 9.17) is 4.74 Å². The summed E-state index contributed by atoms with van der Waals surface area (Å²) in [5.41, 5.74) is 2.48. The van der Waals surface area contributed by atoms with Gasteiger partial charge in [0.1, 0.15) is 5.75 Å². The Morgan fingerprint density at radius 1 is 1.19 bits per heavy atom. The van der Waals surface area contributed by atoms with Crippen LogP contribution in [0, 0.1) is 6.92 Å². The van der Waals surface area contributed by atoms with E-state index in [-0.39, 0.29) is 0 Å². The SMILES string of the molecule is COc1cc(C)ccc1C(C)NC(C)CN1CCCCC1. The summed E-state index contributed by atoms with van der Waals surface area (Å²) in [5.74, 6) is 0.986. The molecule has 0 bridgehead atoms. The maximum absolute atomic E-state index is 5.53. The lowest BCUT2D eigenvalue weighted by atomic mass is 10.0. The number of hydrogen-bond acceptors (Lipinski definition) is 3. The normalized spacial score (nSPS) is 19.2. The molecular formula is C18H30N2O. The largest absolute Gasteiger partial charge is 0.496 e. The van der Waals surface area contributed by atoms with Gasteiger partial charge in [0.15, 0.2) is 0 Å². The summed E-state index contributed by atoms with van der Waals surface area (Å²) >= 11 is 0. The maximum Gasteiger partial charge on any atom is 0.123 e. The molecule has 1 aliphatic rings. The molecule has 2 atom stereocenters. The van der Waals surface area contributed by atoms with Crippen molar-refractivity contribution in [3.63, 3.8) is 0 Å². The van der Waals surface area contributed by atoms with Crippen LogP contribution < -0.4 is 10.1 Å². The first-order chi connectivity index (χ1) is 10.1. The van der Waals surface area contributed by atoms with Crippen molar-refractivity contribution in [2.45, 2.75) is 52.1 Å². The lowest BCUT2D eigenvalue weighted by Crippen LogP contribution is -2.42. The van der Waals surface area contributed by atoms with Crippen molar-refractivity contribution >= 4 is 0 Å². The Bertz CT molecular complexity index is 441. The minimum atomic E-state index is 0.306. The molecule has 0 amide bonds. The molecule has 118 valence electrons. The number of methoxy groups -OCH3 is 1. The zero-order valence-electron chi connectivity index (χ0n) is 14.0. The van der Waals surface area contributed by atoms with Gasteiger partial charge in [-0.15, -0.1) is 0 Å². The Balaban J connectivity index is 1.92. The molecule has 1 aliphatic heterocycles. The number of rotatable bonds is 6. The van der Waals surface area contributed by atoms with E-state index in [0.29, 0.717) is 12.1 Å². The van der Waals surface area contributed by atoms with Gasteiger partial charge >= 0.3 is 0 Å². The second-order valence-corrected chi connectivity index (χ2v) is 6.40. The van der Waals surface area contributed by atoms with Crippen LogP contribution in [0.2, 0.25) is 0 Å². The van der Waals surface area contributed by atoms with Crippen LogP contribution in [0.1, 0.15) is 50.3 Å². The van der Waals surface area contributed by atoms with Gasteiger partial charge in [0.25, 0.3) is 0 Å². The molecule has 0 aromatic heterocycles. The molecule has 1 fully saturated rings. The third-order valence-corrected chi connectivity index (χ3v) is 4.37. The molecular weight excluding hydrogens is 260 g/mol. The van der Waals surface area contributed by atoms with Crippen molar-refractivity contribution in [2.75, 3.05) is 26.7 Å². The predicted molar refractivity (Wildman–Crippen MR) is 89.0 cm³/mol. The molecule has 1 N–H and O–H groups in total. The van der Waals surface area contributed by atoms with Crippen molar-refractivity contribution in [2.24, 2.45) is 0 Å². The number of hydrogen-bond donors (Lipinski definition) is 1. The van der Waals surface area contributed by atoms with Crippen LogP contribution in [-0.2, 0) is 0 Å². The Hall–Kier alpha value is -1.06. The van der Waals surface area contributed by atoms with Gasteiger partial charge in [0, 0.05) is 24.2 Å². The molecule has 1 saturated heterocycles. The van der Waals surface area contributed by atoms with Gasteiger partial charge in [-0.3, -0.25) is 0 Å². The molecule has 2 unspecified atom stereocenters. The predicted octanol–water partition coefficient (Wildman–Crippen LogP) is 3.53. The molecule has 1 heterocycles. The average molecular weight is 290 g/mol. The maximum atomic E-state index is 5.53. The highest BCUT2D eigenvalue weighted by Gasteiger charge is 2.17. The first kappa shape index (κ1) is 16.3. The molecule has 0 aliphatic carbocycles. The van der Waals surface area contributed by atoms with Crippen LogP contribution in [0.15, 0.2) is 18.2 Å². The zero-order chi connectivity index (χ0) is 15.2. The molecule has 1 aromatic rings. The Morgan fingerprint density at radius 2 is 1.90 bits per heavy atom. The molecule has 3 nitrogen and oxygen atoms in total. The van der Waals surface area contributed by atoms with E-state index in [9.17, 15) is 0 Å². The van der Waals surface area contributed by atoms with E-state index in [1.165, 1.54) is 43.5 Å². The van der Waals surface area contributed by atoms with Gasteiger partial charge in [-0.2, -0.15) is 0 Å². The van der Waals surface area contributed by atoms with E-state index in [0.717, 1.165) is 12.3 Å². The topological polar surface area (TPSA) is 24.5 Å². The van der Waals surface area contributed by atoms with Crippen LogP contribution >= 0.6 is 0 Å². The summed E-state index contributed by atoms with van der Waals surface area (Å²) in [4.78, 5) is 2.58. The highest BCUT2D eigenvalue weighted by Crippen LogP contribution is 2.26. The van der Waals surface area contributed by atoms with Gasteiger partial charge in [-0.25, -0.2) is 0 Å². The van der Waals surface area contributed by atoms with Crippen LogP contribution in [0.4, 0.5) is 0 Å². The van der Waals surface area contributed by atoms with Gasteiger partial charge in [0.2, 0.25) is 0 Å². The first-order valence-corrected chi connectivity index (χ1v) is 8.23. The zero-order valence-corrected chi connectivity index (χ0v) is 14.0. The molecule has 21 heavy (non-hydrogen) atoms. The van der Waals surface area contributed by atoms with Crippen LogP contribution in [-0.4, -0.2) is 37.7 Å². The van der Waals surface area contributed by atoms with Crippen LogP contribution in [0.3, 0.4) is 0 Å². The van der Waals surface area contributed by atoms with E-state index in [2.05, 4.69) is 49.2 Å². The molecule has 3 heteroatoms. The third kappa shape index (κ3) is 4.72. The van der Waals surface area contributed by atoms with E-state index in [1.807, 2.05) is 0 Å². The standard InChI is InChI=1S/C18H30N2O/c1-14-8-9-17(18(12-14)21-4)16(3)19-15(2)13-20-10-6-5-7-11-20/h8-9,12,15-16,19H,5-7,10-11,13H2,1-4H3. The fourth-order valence-electron chi connectivity index (χ4n) is 3.27. The molecule has 0 saturated carbocycles. The summed E-state index contributed by atoms with van der Waals surface area (Å²) in [6, 6.07) is 7.25. The van der Waals surface area contributed by atoms with Crippen LogP contribution in [0.5, 0.6) is 5.75 Å². The first-order valence-electron chi connectivity index (χ1n) is 8.23. The average Bonchev–Trinajstić information content (AvgIpc) is 2.47. The summed E-state index contributed by atoms with van der Waals surface area (Å²) in [6.45, 7) is 10.3. The number of ether oxygens (including phenoxy) is 1. The fourth-order valence-corrected chi connectivity index (χ4v) is 3.27. The Labute approximate surface area is 129 Å². The monoisotopic (exact) mass is 290 g/mol.